The first-order valence-electron chi connectivity index (χ1n) is 7.23. The minimum absolute atomic E-state index is 0.156. The van der Waals surface area contributed by atoms with Crippen molar-refractivity contribution in [1.82, 2.24) is 4.98 Å². The maximum absolute atomic E-state index is 12.5. The second-order valence-electron chi connectivity index (χ2n) is 5.75. The van der Waals surface area contributed by atoms with Gasteiger partial charge in [0.25, 0.3) is 0 Å². The van der Waals surface area contributed by atoms with Crippen molar-refractivity contribution in [3.63, 3.8) is 0 Å². The Morgan fingerprint density at radius 3 is 2.17 bits per heavy atom. The number of allylic oxidation sites excluding steroid dienone is 1. The second kappa shape index (κ2) is 4.73. The molecule has 0 saturated heterocycles. The average molecular weight is 323 g/mol. The normalized spacial score (nSPS) is 14.0. The summed E-state index contributed by atoms with van der Waals surface area (Å²) in [5.74, 6) is 0.00527. The summed E-state index contributed by atoms with van der Waals surface area (Å²) in [7, 11) is 0. The van der Waals surface area contributed by atoms with Crippen LogP contribution in [0.1, 0.15) is 42.6 Å². The van der Waals surface area contributed by atoms with Gasteiger partial charge < -0.3 is 4.42 Å². The van der Waals surface area contributed by atoms with E-state index in [9.17, 15) is 9.59 Å². The van der Waals surface area contributed by atoms with Gasteiger partial charge in [-0.05, 0) is 50.1 Å². The van der Waals surface area contributed by atoms with Crippen LogP contribution in [0.2, 0.25) is 0 Å². The standard InChI is InChI=1S/C18H13NO3S/c1-8-4-12-13(5-9(8)2)17(21)14(16(12)20)6-11-7-15-18(22-11)19-10(3)23-15/h4-7H,1-3H3. The first-order valence-corrected chi connectivity index (χ1v) is 8.05. The van der Waals surface area contributed by atoms with E-state index in [2.05, 4.69) is 4.98 Å². The minimum atomic E-state index is -0.239. The number of nitrogens with zero attached hydrogens (tertiary/aromatic N) is 1. The number of ketones is 2. The van der Waals surface area contributed by atoms with Gasteiger partial charge in [-0.1, -0.05) is 0 Å². The van der Waals surface area contributed by atoms with E-state index in [1.54, 1.807) is 12.1 Å². The van der Waals surface area contributed by atoms with E-state index in [0.29, 0.717) is 22.6 Å². The van der Waals surface area contributed by atoms with Gasteiger partial charge in [0.1, 0.15) is 5.76 Å². The quantitative estimate of drug-likeness (QED) is 0.495. The van der Waals surface area contributed by atoms with E-state index in [1.165, 1.54) is 17.4 Å². The van der Waals surface area contributed by atoms with Gasteiger partial charge in [-0.2, -0.15) is 0 Å². The van der Waals surface area contributed by atoms with Crippen LogP contribution in [0.15, 0.2) is 28.2 Å². The molecule has 2 aromatic heterocycles. The summed E-state index contributed by atoms with van der Waals surface area (Å²) in [6.07, 6.45) is 1.53. The number of Topliss-reactive ketones (excluding diaryl/α,β-unsaturated/α-hetero) is 2. The van der Waals surface area contributed by atoms with Gasteiger partial charge in [-0.15, -0.1) is 11.3 Å². The van der Waals surface area contributed by atoms with Crippen LogP contribution in [0.25, 0.3) is 16.5 Å². The Morgan fingerprint density at radius 2 is 1.61 bits per heavy atom. The molecule has 0 aliphatic heterocycles. The molecule has 0 fully saturated rings. The molecular formula is C18H13NO3S. The van der Waals surface area contributed by atoms with Gasteiger partial charge >= 0.3 is 0 Å². The van der Waals surface area contributed by atoms with Crippen molar-refractivity contribution in [2.24, 2.45) is 0 Å². The highest BCUT2D eigenvalue weighted by molar-refractivity contribution is 7.18. The SMILES string of the molecule is Cc1nc2oc(C=C3C(=O)c4cc(C)c(C)cc4C3=O)cc2s1. The Kier molecular flexibility index (Phi) is 2.90. The molecule has 4 nitrogen and oxygen atoms in total. The molecule has 0 saturated carbocycles. The van der Waals surface area contributed by atoms with Crippen LogP contribution in [0.3, 0.4) is 0 Å². The van der Waals surface area contributed by atoms with Crippen LogP contribution in [-0.2, 0) is 0 Å². The van der Waals surface area contributed by atoms with Gasteiger partial charge in [0.2, 0.25) is 5.71 Å². The molecule has 4 rings (SSSR count). The van der Waals surface area contributed by atoms with Crippen LogP contribution >= 0.6 is 11.3 Å². The lowest BCUT2D eigenvalue weighted by Gasteiger charge is -2.01. The van der Waals surface area contributed by atoms with E-state index < -0.39 is 0 Å². The predicted molar refractivity (Wildman–Crippen MR) is 89.2 cm³/mol. The Hall–Kier alpha value is -2.53. The van der Waals surface area contributed by atoms with Gasteiger partial charge in [0.15, 0.2) is 11.6 Å². The maximum Gasteiger partial charge on any atom is 0.237 e. The summed E-state index contributed by atoms with van der Waals surface area (Å²) < 4.78 is 6.53. The number of carbonyl (C=O) groups is 2. The van der Waals surface area contributed by atoms with E-state index >= 15 is 0 Å². The summed E-state index contributed by atoms with van der Waals surface area (Å²) in [6, 6.07) is 5.39. The van der Waals surface area contributed by atoms with Crippen LogP contribution in [0.5, 0.6) is 0 Å². The van der Waals surface area contributed by atoms with E-state index in [1.807, 2.05) is 26.8 Å². The van der Waals surface area contributed by atoms with Crippen LogP contribution in [-0.4, -0.2) is 16.6 Å². The third-order valence-corrected chi connectivity index (χ3v) is 5.01. The highest BCUT2D eigenvalue weighted by Gasteiger charge is 2.33. The van der Waals surface area contributed by atoms with Crippen molar-refractivity contribution < 1.29 is 14.0 Å². The lowest BCUT2D eigenvalue weighted by Crippen LogP contribution is -1.99. The third-order valence-electron chi connectivity index (χ3n) is 4.11. The monoisotopic (exact) mass is 323 g/mol. The van der Waals surface area contributed by atoms with Crippen LogP contribution in [0, 0.1) is 20.8 Å². The number of benzene rings is 1. The largest absolute Gasteiger partial charge is 0.437 e. The number of aromatic nitrogens is 1. The third kappa shape index (κ3) is 2.08. The van der Waals surface area contributed by atoms with Crippen LogP contribution < -0.4 is 0 Å². The van der Waals surface area contributed by atoms with Gasteiger partial charge in [-0.3, -0.25) is 9.59 Å². The van der Waals surface area contributed by atoms with Crippen molar-refractivity contribution in [2.75, 3.05) is 0 Å². The fourth-order valence-corrected chi connectivity index (χ4v) is 3.58. The molecule has 5 heteroatoms. The maximum atomic E-state index is 12.5. The summed E-state index contributed by atoms with van der Waals surface area (Å²) in [5, 5.41) is 0.921. The van der Waals surface area contributed by atoms with Gasteiger partial charge in [0.05, 0.1) is 15.3 Å². The zero-order chi connectivity index (χ0) is 16.3. The summed E-state index contributed by atoms with van der Waals surface area (Å²) in [4.78, 5) is 29.3. The van der Waals surface area contributed by atoms with Gasteiger partial charge in [-0.25, -0.2) is 4.98 Å². The Balaban J connectivity index is 1.81. The fraction of sp³-hybridized carbons (Fsp3) is 0.167. The number of carbonyl (C=O) groups excluding carboxylic acids is 2. The highest BCUT2D eigenvalue weighted by Crippen LogP contribution is 2.32. The molecule has 0 unspecified atom stereocenters. The Labute approximate surface area is 136 Å². The number of aryl methyl sites for hydroxylation is 3. The summed E-state index contributed by atoms with van der Waals surface area (Å²) >= 11 is 1.52. The molecular weight excluding hydrogens is 310 g/mol. The van der Waals surface area contributed by atoms with E-state index in [-0.39, 0.29) is 17.1 Å². The number of hydrogen-bond donors (Lipinski definition) is 0. The van der Waals surface area contributed by atoms with E-state index in [0.717, 1.165) is 20.8 Å². The molecule has 0 bridgehead atoms. The number of hydrogen-bond acceptors (Lipinski definition) is 5. The number of furan rings is 1. The Bertz CT molecular complexity index is 962. The summed E-state index contributed by atoms with van der Waals surface area (Å²) in [6.45, 7) is 5.77. The molecule has 1 aliphatic rings. The second-order valence-corrected chi connectivity index (χ2v) is 6.98. The smallest absolute Gasteiger partial charge is 0.237 e. The van der Waals surface area contributed by atoms with Crippen LogP contribution in [0.4, 0.5) is 0 Å². The van der Waals surface area contributed by atoms with Crippen molar-refractivity contribution >= 4 is 39.4 Å². The van der Waals surface area contributed by atoms with E-state index in [4.69, 9.17) is 4.42 Å². The molecule has 0 spiro atoms. The molecule has 1 aliphatic carbocycles. The molecule has 0 amide bonds. The number of rotatable bonds is 1. The molecule has 0 atom stereocenters. The first kappa shape index (κ1) is 14.1. The highest BCUT2D eigenvalue weighted by atomic mass is 32.1. The molecule has 3 aromatic rings. The zero-order valence-corrected chi connectivity index (χ0v) is 13.7. The minimum Gasteiger partial charge on any atom is -0.437 e. The Morgan fingerprint density at radius 1 is 1.00 bits per heavy atom. The number of fused-ring (bicyclic) bond motifs is 2. The topological polar surface area (TPSA) is 60.2 Å². The van der Waals surface area contributed by atoms with Crippen molar-refractivity contribution in [3.8, 4) is 0 Å². The lowest BCUT2D eigenvalue weighted by atomic mass is 10.0. The van der Waals surface area contributed by atoms with Gasteiger partial charge in [0, 0.05) is 17.2 Å². The lowest BCUT2D eigenvalue weighted by molar-refractivity contribution is 0.0990. The van der Waals surface area contributed by atoms with Crippen molar-refractivity contribution in [3.05, 3.63) is 56.8 Å². The molecule has 114 valence electrons. The molecule has 1 aromatic carbocycles. The first-order chi connectivity index (χ1) is 10.9. The average Bonchev–Trinajstić information content (AvgIpc) is 3.07. The predicted octanol–water partition coefficient (Wildman–Crippen LogP) is 4.28. The molecule has 0 radical (unpaired) electrons. The molecule has 0 N–H and O–H groups in total. The fourth-order valence-electron chi connectivity index (χ4n) is 2.79. The molecule has 2 heterocycles. The zero-order valence-electron chi connectivity index (χ0n) is 12.9. The number of thiazole rings is 1. The van der Waals surface area contributed by atoms with Crippen molar-refractivity contribution in [1.29, 1.82) is 0 Å². The molecule has 23 heavy (non-hydrogen) atoms. The van der Waals surface area contributed by atoms with Crippen molar-refractivity contribution in [2.45, 2.75) is 20.8 Å². The summed E-state index contributed by atoms with van der Waals surface area (Å²) in [5.41, 5.74) is 3.66.